The Morgan fingerprint density at radius 1 is 0.926 bits per heavy atom. The van der Waals surface area contributed by atoms with Crippen LogP contribution in [0.1, 0.15) is 76.6 Å². The topological polar surface area (TPSA) is 26.3 Å². The van der Waals surface area contributed by atoms with Gasteiger partial charge in [0.25, 0.3) is 0 Å². The van der Waals surface area contributed by atoms with Crippen LogP contribution < -0.4 is 4.74 Å². The Kier molecular flexibility index (Phi) is 5.03. The first-order chi connectivity index (χ1) is 12.6. The van der Waals surface area contributed by atoms with Gasteiger partial charge in [-0.2, -0.15) is 0 Å². The van der Waals surface area contributed by atoms with Crippen LogP contribution >= 0.6 is 0 Å². The summed E-state index contributed by atoms with van der Waals surface area (Å²) in [6, 6.07) is 14.4. The summed E-state index contributed by atoms with van der Waals surface area (Å²) in [5.41, 5.74) is 7.07. The number of carbonyl (C=O) groups is 1. The minimum atomic E-state index is -0.296. The van der Waals surface area contributed by atoms with Crippen molar-refractivity contribution in [2.75, 3.05) is 0 Å². The number of ether oxygens (including phenoxy) is 1. The Morgan fingerprint density at radius 2 is 1.56 bits per heavy atom. The molecular formula is C25H30O2. The van der Waals surface area contributed by atoms with E-state index in [0.29, 0.717) is 5.75 Å². The number of fused-ring (bicyclic) bond motifs is 1. The van der Waals surface area contributed by atoms with Crippen molar-refractivity contribution in [2.24, 2.45) is 0 Å². The minimum absolute atomic E-state index is 0.176. The Labute approximate surface area is 163 Å². The average molecular weight is 363 g/mol. The number of benzene rings is 2. The fraction of sp³-hybridized carbons (Fsp3) is 0.400. The molecule has 0 unspecified atom stereocenters. The predicted molar refractivity (Wildman–Crippen MR) is 113 cm³/mol. The van der Waals surface area contributed by atoms with Gasteiger partial charge in [-0.3, -0.25) is 4.79 Å². The zero-order valence-electron chi connectivity index (χ0n) is 17.3. The molecule has 1 aliphatic carbocycles. The summed E-state index contributed by atoms with van der Waals surface area (Å²) < 4.78 is 5.12. The molecule has 0 amide bonds. The van der Waals surface area contributed by atoms with Crippen LogP contribution in [0.25, 0.3) is 11.6 Å². The summed E-state index contributed by atoms with van der Waals surface area (Å²) >= 11 is 0. The van der Waals surface area contributed by atoms with Crippen LogP contribution in [0.15, 0.2) is 42.5 Å². The highest BCUT2D eigenvalue weighted by atomic mass is 16.5. The molecule has 0 aliphatic heterocycles. The van der Waals surface area contributed by atoms with Gasteiger partial charge in [0.1, 0.15) is 5.75 Å². The normalized spacial score (nSPS) is 17.9. The Hall–Kier alpha value is -2.35. The minimum Gasteiger partial charge on any atom is -0.427 e. The standard InChI is InChI=1S/C25H30O2/c1-17(16-19-10-12-20(13-11-19)27-18(2)26)21-8-7-9-22-23(21)25(5,6)15-14-24(22,3)4/h7-13,16H,14-15H2,1-6H3. The lowest BCUT2D eigenvalue weighted by Crippen LogP contribution is -2.34. The van der Waals surface area contributed by atoms with E-state index in [1.165, 1.54) is 42.0 Å². The number of hydrogen-bond donors (Lipinski definition) is 0. The van der Waals surface area contributed by atoms with Crippen LogP contribution in [0.2, 0.25) is 0 Å². The lowest BCUT2D eigenvalue weighted by Gasteiger charge is -2.43. The number of rotatable bonds is 3. The van der Waals surface area contributed by atoms with E-state index in [2.05, 4.69) is 58.9 Å². The van der Waals surface area contributed by atoms with Gasteiger partial charge >= 0.3 is 5.97 Å². The van der Waals surface area contributed by atoms with Crippen molar-refractivity contribution in [3.8, 4) is 5.75 Å². The van der Waals surface area contributed by atoms with E-state index in [1.807, 2.05) is 24.3 Å². The van der Waals surface area contributed by atoms with Gasteiger partial charge in [-0.25, -0.2) is 0 Å². The van der Waals surface area contributed by atoms with Crippen molar-refractivity contribution in [2.45, 2.75) is 65.2 Å². The second-order valence-electron chi connectivity index (χ2n) is 8.99. The third-order valence-electron chi connectivity index (χ3n) is 5.80. The molecule has 2 nitrogen and oxygen atoms in total. The third kappa shape index (κ3) is 4.00. The first kappa shape index (κ1) is 19.4. The van der Waals surface area contributed by atoms with Crippen LogP contribution in [0.4, 0.5) is 0 Å². The first-order valence-corrected chi connectivity index (χ1v) is 9.71. The summed E-state index contributed by atoms with van der Waals surface area (Å²) in [4.78, 5) is 11.1. The molecule has 2 aromatic carbocycles. The van der Waals surface area contributed by atoms with Crippen LogP contribution in [0.3, 0.4) is 0 Å². The van der Waals surface area contributed by atoms with Crippen molar-refractivity contribution >= 4 is 17.6 Å². The third-order valence-corrected chi connectivity index (χ3v) is 5.80. The van der Waals surface area contributed by atoms with Crippen LogP contribution in [-0.4, -0.2) is 5.97 Å². The maximum atomic E-state index is 11.1. The fourth-order valence-electron chi connectivity index (χ4n) is 4.18. The van der Waals surface area contributed by atoms with Gasteiger partial charge in [-0.15, -0.1) is 0 Å². The molecule has 1 aliphatic rings. The predicted octanol–water partition coefficient (Wildman–Crippen LogP) is 6.52. The van der Waals surface area contributed by atoms with Crippen LogP contribution in [-0.2, 0) is 15.6 Å². The molecule has 2 aromatic rings. The lowest BCUT2D eigenvalue weighted by atomic mass is 9.61. The molecule has 0 fully saturated rings. The number of allylic oxidation sites excluding steroid dienone is 1. The Balaban J connectivity index is 2.02. The maximum absolute atomic E-state index is 11.1. The van der Waals surface area contributed by atoms with Crippen LogP contribution in [0.5, 0.6) is 5.75 Å². The van der Waals surface area contributed by atoms with Gasteiger partial charge in [0.05, 0.1) is 0 Å². The zero-order valence-corrected chi connectivity index (χ0v) is 17.3. The molecule has 27 heavy (non-hydrogen) atoms. The van der Waals surface area contributed by atoms with Crippen molar-refractivity contribution in [1.29, 1.82) is 0 Å². The van der Waals surface area contributed by atoms with E-state index >= 15 is 0 Å². The van der Waals surface area contributed by atoms with Gasteiger partial charge in [-0.1, -0.05) is 64.1 Å². The monoisotopic (exact) mass is 362 g/mol. The van der Waals surface area contributed by atoms with Crippen molar-refractivity contribution in [3.63, 3.8) is 0 Å². The maximum Gasteiger partial charge on any atom is 0.308 e. The van der Waals surface area contributed by atoms with Gasteiger partial charge in [-0.05, 0) is 70.6 Å². The first-order valence-electron chi connectivity index (χ1n) is 9.71. The molecule has 0 atom stereocenters. The zero-order chi connectivity index (χ0) is 19.8. The van der Waals surface area contributed by atoms with E-state index in [1.54, 1.807) is 0 Å². The molecule has 0 aromatic heterocycles. The molecule has 0 bridgehead atoms. The smallest absolute Gasteiger partial charge is 0.308 e. The number of carbonyl (C=O) groups excluding carboxylic acids is 1. The summed E-state index contributed by atoms with van der Waals surface area (Å²) in [5, 5.41) is 0. The summed E-state index contributed by atoms with van der Waals surface area (Å²) in [6.45, 7) is 13.1. The van der Waals surface area contributed by atoms with E-state index in [0.717, 1.165) is 5.56 Å². The average Bonchev–Trinajstić information content (AvgIpc) is 2.60. The highest BCUT2D eigenvalue weighted by Crippen LogP contribution is 2.48. The second kappa shape index (κ2) is 6.99. The molecule has 0 heterocycles. The van der Waals surface area contributed by atoms with E-state index < -0.39 is 0 Å². The molecular weight excluding hydrogens is 332 g/mol. The molecule has 2 heteroatoms. The molecule has 0 N–H and O–H groups in total. The summed E-state index contributed by atoms with van der Waals surface area (Å²) in [7, 11) is 0. The molecule has 0 saturated carbocycles. The Bertz CT molecular complexity index is 883. The highest BCUT2D eigenvalue weighted by molar-refractivity contribution is 5.83. The second-order valence-corrected chi connectivity index (χ2v) is 8.99. The van der Waals surface area contributed by atoms with Crippen molar-refractivity contribution in [1.82, 2.24) is 0 Å². The highest BCUT2D eigenvalue weighted by Gasteiger charge is 2.38. The van der Waals surface area contributed by atoms with Gasteiger partial charge in [0, 0.05) is 6.92 Å². The van der Waals surface area contributed by atoms with Crippen molar-refractivity contribution in [3.05, 3.63) is 64.7 Å². The van der Waals surface area contributed by atoms with Gasteiger partial charge in [0.15, 0.2) is 0 Å². The molecule has 0 radical (unpaired) electrons. The summed E-state index contributed by atoms with van der Waals surface area (Å²) in [5.74, 6) is 0.285. The van der Waals surface area contributed by atoms with E-state index in [-0.39, 0.29) is 16.8 Å². The summed E-state index contributed by atoms with van der Waals surface area (Å²) in [6.07, 6.45) is 4.63. The number of esters is 1. The number of hydrogen-bond acceptors (Lipinski definition) is 2. The van der Waals surface area contributed by atoms with E-state index in [4.69, 9.17) is 4.74 Å². The molecule has 0 spiro atoms. The van der Waals surface area contributed by atoms with Crippen LogP contribution in [0, 0.1) is 0 Å². The SMILES string of the molecule is CC(=O)Oc1ccc(C=C(C)c2cccc3c2C(C)(C)CCC3(C)C)cc1. The van der Waals surface area contributed by atoms with Gasteiger partial charge in [0.2, 0.25) is 0 Å². The lowest BCUT2D eigenvalue weighted by molar-refractivity contribution is -0.131. The molecule has 3 rings (SSSR count). The van der Waals surface area contributed by atoms with Crippen molar-refractivity contribution < 1.29 is 9.53 Å². The Morgan fingerprint density at radius 3 is 2.19 bits per heavy atom. The van der Waals surface area contributed by atoms with E-state index in [9.17, 15) is 4.79 Å². The quantitative estimate of drug-likeness (QED) is 0.353. The fourth-order valence-corrected chi connectivity index (χ4v) is 4.18. The molecule has 0 saturated heterocycles. The van der Waals surface area contributed by atoms with Gasteiger partial charge < -0.3 is 4.74 Å². The largest absolute Gasteiger partial charge is 0.427 e. The molecule has 142 valence electrons.